The number of primary amides is 1. The van der Waals surface area contributed by atoms with E-state index in [1.165, 1.54) is 0 Å². The van der Waals surface area contributed by atoms with Gasteiger partial charge in [-0.15, -0.1) is 0 Å². The summed E-state index contributed by atoms with van der Waals surface area (Å²) in [5, 5.41) is 0. The van der Waals surface area contributed by atoms with Gasteiger partial charge in [-0.1, -0.05) is 6.58 Å². The van der Waals surface area contributed by atoms with Crippen LogP contribution in [0.4, 0.5) is 0 Å². The topological polar surface area (TPSA) is 55.6 Å². The normalized spacial score (nSPS) is 19.0. The first-order chi connectivity index (χ1) is 5.70. The van der Waals surface area contributed by atoms with Gasteiger partial charge < -0.3 is 10.5 Å². The molecule has 1 amide bonds. The minimum absolute atomic E-state index is 0.415. The van der Waals surface area contributed by atoms with Crippen molar-refractivity contribution in [2.45, 2.75) is 0 Å². The number of amides is 1. The molecule has 0 aliphatic carbocycles. The van der Waals surface area contributed by atoms with Crippen LogP contribution in [0.3, 0.4) is 0 Å². The second-order valence-electron chi connectivity index (χ2n) is 2.86. The Morgan fingerprint density at radius 1 is 1.50 bits per heavy atom. The minimum Gasteiger partial charge on any atom is -0.379 e. The van der Waals surface area contributed by atoms with Crippen molar-refractivity contribution in [3.8, 4) is 0 Å². The molecule has 1 rings (SSSR count). The first kappa shape index (κ1) is 9.22. The third kappa shape index (κ3) is 2.64. The van der Waals surface area contributed by atoms with Crippen LogP contribution < -0.4 is 5.73 Å². The summed E-state index contributed by atoms with van der Waals surface area (Å²) in [6.45, 7) is 7.32. The lowest BCUT2D eigenvalue weighted by Gasteiger charge is -2.26. The summed E-state index contributed by atoms with van der Waals surface area (Å²) in [6.07, 6.45) is 0. The average molecular weight is 170 g/mol. The summed E-state index contributed by atoms with van der Waals surface area (Å²) in [5.74, 6) is -0.415. The maximum absolute atomic E-state index is 10.6. The summed E-state index contributed by atoms with van der Waals surface area (Å²) in [7, 11) is 0. The zero-order chi connectivity index (χ0) is 8.97. The van der Waals surface area contributed by atoms with Crippen LogP contribution in [0.15, 0.2) is 12.2 Å². The van der Waals surface area contributed by atoms with Gasteiger partial charge in [0, 0.05) is 25.2 Å². The van der Waals surface area contributed by atoms with E-state index in [2.05, 4.69) is 11.5 Å². The largest absolute Gasteiger partial charge is 0.379 e. The van der Waals surface area contributed by atoms with E-state index in [9.17, 15) is 4.79 Å². The van der Waals surface area contributed by atoms with Crippen LogP contribution in [-0.4, -0.2) is 43.7 Å². The summed E-state index contributed by atoms with van der Waals surface area (Å²) >= 11 is 0. The van der Waals surface area contributed by atoms with Crippen molar-refractivity contribution in [2.75, 3.05) is 32.8 Å². The molecule has 2 N–H and O–H groups in total. The number of carbonyl (C=O) groups is 1. The Hall–Kier alpha value is -0.870. The van der Waals surface area contributed by atoms with Gasteiger partial charge in [-0.25, -0.2) is 0 Å². The van der Waals surface area contributed by atoms with Crippen LogP contribution in [0.5, 0.6) is 0 Å². The summed E-state index contributed by atoms with van der Waals surface area (Å²) in [5.41, 5.74) is 5.53. The Balaban J connectivity index is 2.29. The highest BCUT2D eigenvalue weighted by molar-refractivity contribution is 5.91. The van der Waals surface area contributed by atoms with E-state index in [-0.39, 0.29) is 0 Å². The first-order valence-electron chi connectivity index (χ1n) is 3.98. The maximum atomic E-state index is 10.6. The van der Waals surface area contributed by atoms with Crippen LogP contribution in [0.2, 0.25) is 0 Å². The van der Waals surface area contributed by atoms with E-state index in [1.807, 2.05) is 0 Å². The predicted molar refractivity (Wildman–Crippen MR) is 45.6 cm³/mol. The number of carbonyl (C=O) groups excluding carboxylic acids is 1. The highest BCUT2D eigenvalue weighted by Gasteiger charge is 2.12. The van der Waals surface area contributed by atoms with Crippen LogP contribution in [-0.2, 0) is 9.53 Å². The SMILES string of the molecule is C=C(CN1CCOCC1)C(N)=O. The molecule has 1 aliphatic heterocycles. The third-order valence-electron chi connectivity index (χ3n) is 1.87. The number of hydrogen-bond acceptors (Lipinski definition) is 3. The Morgan fingerprint density at radius 2 is 2.08 bits per heavy atom. The molecule has 0 spiro atoms. The molecule has 0 radical (unpaired) electrons. The first-order valence-corrected chi connectivity index (χ1v) is 3.98. The smallest absolute Gasteiger partial charge is 0.245 e. The van der Waals surface area contributed by atoms with E-state index < -0.39 is 5.91 Å². The van der Waals surface area contributed by atoms with Gasteiger partial charge in [-0.3, -0.25) is 9.69 Å². The molecule has 1 aliphatic rings. The van der Waals surface area contributed by atoms with Crippen LogP contribution in [0.1, 0.15) is 0 Å². The number of morpholine rings is 1. The molecule has 4 nitrogen and oxygen atoms in total. The fraction of sp³-hybridized carbons (Fsp3) is 0.625. The van der Waals surface area contributed by atoms with Gasteiger partial charge in [0.05, 0.1) is 13.2 Å². The summed E-state index contributed by atoms with van der Waals surface area (Å²) in [6, 6.07) is 0. The van der Waals surface area contributed by atoms with Gasteiger partial charge >= 0.3 is 0 Å². The molecule has 0 atom stereocenters. The zero-order valence-corrected chi connectivity index (χ0v) is 7.08. The van der Waals surface area contributed by atoms with Gasteiger partial charge in [0.2, 0.25) is 5.91 Å². The second kappa shape index (κ2) is 4.23. The van der Waals surface area contributed by atoms with Crippen molar-refractivity contribution in [1.29, 1.82) is 0 Å². The van der Waals surface area contributed by atoms with Crippen LogP contribution in [0.25, 0.3) is 0 Å². The van der Waals surface area contributed by atoms with E-state index in [0.29, 0.717) is 12.1 Å². The lowest BCUT2D eigenvalue weighted by Crippen LogP contribution is -2.39. The molecule has 0 saturated carbocycles. The molecule has 12 heavy (non-hydrogen) atoms. The fourth-order valence-corrected chi connectivity index (χ4v) is 1.11. The molecule has 4 heteroatoms. The second-order valence-corrected chi connectivity index (χ2v) is 2.86. The molecule has 0 bridgehead atoms. The Labute approximate surface area is 72.0 Å². The van der Waals surface area contributed by atoms with Crippen molar-refractivity contribution in [3.63, 3.8) is 0 Å². The highest BCUT2D eigenvalue weighted by Crippen LogP contribution is 2.00. The molecule has 1 heterocycles. The van der Waals surface area contributed by atoms with E-state index in [4.69, 9.17) is 10.5 Å². The van der Waals surface area contributed by atoms with Crippen LogP contribution in [0, 0.1) is 0 Å². The molecule has 0 aromatic rings. The summed E-state index contributed by atoms with van der Waals surface area (Å²) < 4.78 is 5.15. The Morgan fingerprint density at radius 3 is 2.58 bits per heavy atom. The van der Waals surface area contributed by atoms with E-state index >= 15 is 0 Å². The molecule has 1 saturated heterocycles. The van der Waals surface area contributed by atoms with Gasteiger partial charge in [0.1, 0.15) is 0 Å². The van der Waals surface area contributed by atoms with E-state index in [0.717, 1.165) is 26.3 Å². The number of nitrogens with two attached hydrogens (primary N) is 1. The quantitative estimate of drug-likeness (QED) is 0.573. The predicted octanol–water partition coefficient (Wildman–Crippen LogP) is -0.640. The molecular formula is C8H14N2O2. The minimum atomic E-state index is -0.415. The Kier molecular flexibility index (Phi) is 3.25. The molecule has 0 aromatic carbocycles. The standard InChI is InChI=1S/C8H14N2O2/c1-7(8(9)11)6-10-2-4-12-5-3-10/h1-6H2,(H2,9,11). The molecule has 68 valence electrons. The van der Waals surface area contributed by atoms with E-state index in [1.54, 1.807) is 0 Å². The fourth-order valence-electron chi connectivity index (χ4n) is 1.11. The summed E-state index contributed by atoms with van der Waals surface area (Å²) in [4.78, 5) is 12.7. The van der Waals surface area contributed by atoms with Crippen LogP contribution >= 0.6 is 0 Å². The van der Waals surface area contributed by atoms with Gasteiger partial charge in [0.15, 0.2) is 0 Å². The van der Waals surface area contributed by atoms with Gasteiger partial charge in [-0.05, 0) is 0 Å². The lowest BCUT2D eigenvalue weighted by atomic mass is 10.2. The molecular weight excluding hydrogens is 156 g/mol. The number of ether oxygens (including phenoxy) is 1. The van der Waals surface area contributed by atoms with Crippen molar-refractivity contribution >= 4 is 5.91 Å². The van der Waals surface area contributed by atoms with Crippen molar-refractivity contribution < 1.29 is 9.53 Å². The monoisotopic (exact) mass is 170 g/mol. The Bertz CT molecular complexity index is 185. The maximum Gasteiger partial charge on any atom is 0.245 e. The molecule has 1 fully saturated rings. The number of rotatable bonds is 3. The molecule has 0 unspecified atom stereocenters. The number of nitrogens with zero attached hydrogens (tertiary/aromatic N) is 1. The molecule has 0 aromatic heterocycles. The highest BCUT2D eigenvalue weighted by atomic mass is 16.5. The average Bonchev–Trinajstić information content (AvgIpc) is 2.06. The van der Waals surface area contributed by atoms with Gasteiger partial charge in [-0.2, -0.15) is 0 Å². The number of hydrogen-bond donors (Lipinski definition) is 1. The van der Waals surface area contributed by atoms with Crippen molar-refractivity contribution in [1.82, 2.24) is 4.90 Å². The zero-order valence-electron chi connectivity index (χ0n) is 7.08. The van der Waals surface area contributed by atoms with Crippen molar-refractivity contribution in [2.24, 2.45) is 5.73 Å². The lowest BCUT2D eigenvalue weighted by molar-refractivity contribution is -0.114. The third-order valence-corrected chi connectivity index (χ3v) is 1.87. The van der Waals surface area contributed by atoms with Gasteiger partial charge in [0.25, 0.3) is 0 Å². The van der Waals surface area contributed by atoms with Crippen molar-refractivity contribution in [3.05, 3.63) is 12.2 Å².